The number of hydrogen-bond donors (Lipinski definition) is 1. The number of benzene rings is 2. The third kappa shape index (κ3) is 4.29. The molecule has 2 heterocycles. The molecule has 0 radical (unpaired) electrons. The van der Waals surface area contributed by atoms with Gasteiger partial charge < -0.3 is 15.1 Å². The zero-order valence-electron chi connectivity index (χ0n) is 14.5. The molecule has 4 rings (SSSR count). The second-order valence-electron chi connectivity index (χ2n) is 6.37. The number of thiazole rings is 1. The summed E-state index contributed by atoms with van der Waals surface area (Å²) in [6.45, 7) is 3.37. The van der Waals surface area contributed by atoms with E-state index in [1.807, 2.05) is 47.4 Å². The highest BCUT2D eigenvalue weighted by Crippen LogP contribution is 2.31. The topological polar surface area (TPSA) is 48.5 Å². The molecule has 0 atom stereocenters. The Morgan fingerprint density at radius 3 is 2.48 bits per heavy atom. The van der Waals surface area contributed by atoms with E-state index in [-0.39, 0.29) is 6.03 Å². The van der Waals surface area contributed by atoms with E-state index in [4.69, 9.17) is 23.2 Å². The van der Waals surface area contributed by atoms with Crippen LogP contribution in [0.2, 0.25) is 10.0 Å². The van der Waals surface area contributed by atoms with Crippen LogP contribution in [0.3, 0.4) is 0 Å². The molecule has 0 bridgehead atoms. The number of aromatic nitrogens is 1. The minimum absolute atomic E-state index is 0.0410. The van der Waals surface area contributed by atoms with Crippen molar-refractivity contribution in [3.8, 4) is 0 Å². The molecular weight excluding hydrogens is 403 g/mol. The maximum absolute atomic E-state index is 12.4. The van der Waals surface area contributed by atoms with Crippen molar-refractivity contribution in [2.75, 3.05) is 31.1 Å². The molecule has 2 amide bonds. The Morgan fingerprint density at radius 1 is 1.04 bits per heavy atom. The molecule has 1 N–H and O–H groups in total. The van der Waals surface area contributed by atoms with E-state index >= 15 is 0 Å². The summed E-state index contributed by atoms with van der Waals surface area (Å²) in [5, 5.41) is 5.36. The van der Waals surface area contributed by atoms with E-state index in [1.54, 1.807) is 11.3 Å². The number of nitrogens with zero attached hydrogens (tertiary/aromatic N) is 3. The van der Waals surface area contributed by atoms with Crippen LogP contribution in [-0.4, -0.2) is 42.1 Å². The lowest BCUT2D eigenvalue weighted by Gasteiger charge is -2.34. The van der Waals surface area contributed by atoms with Crippen LogP contribution in [0.15, 0.2) is 42.5 Å². The van der Waals surface area contributed by atoms with Crippen molar-refractivity contribution in [3.05, 3.63) is 58.1 Å². The summed E-state index contributed by atoms with van der Waals surface area (Å²) in [6, 6.07) is 13.2. The van der Waals surface area contributed by atoms with Gasteiger partial charge in [-0.2, -0.15) is 0 Å². The highest BCUT2D eigenvalue weighted by Gasteiger charge is 2.23. The summed E-state index contributed by atoms with van der Waals surface area (Å²) in [4.78, 5) is 21.2. The molecule has 1 saturated heterocycles. The third-order valence-corrected chi connectivity index (χ3v) is 6.10. The number of nitrogens with one attached hydrogen (secondary N) is 1. The average molecular weight is 421 g/mol. The lowest BCUT2D eigenvalue weighted by molar-refractivity contribution is 0.194. The van der Waals surface area contributed by atoms with Gasteiger partial charge >= 0.3 is 6.03 Å². The van der Waals surface area contributed by atoms with Crippen LogP contribution in [0.1, 0.15) is 5.56 Å². The molecule has 0 unspecified atom stereocenters. The van der Waals surface area contributed by atoms with Gasteiger partial charge in [-0.05, 0) is 35.9 Å². The predicted octanol–water partition coefficient (Wildman–Crippen LogP) is 4.63. The Bertz CT molecular complexity index is 952. The van der Waals surface area contributed by atoms with Crippen LogP contribution in [0.5, 0.6) is 0 Å². The van der Waals surface area contributed by atoms with Gasteiger partial charge in [-0.15, -0.1) is 0 Å². The Morgan fingerprint density at radius 2 is 1.74 bits per heavy atom. The zero-order valence-corrected chi connectivity index (χ0v) is 16.8. The fourth-order valence-corrected chi connectivity index (χ4v) is 4.43. The molecule has 5 nitrogen and oxygen atoms in total. The monoisotopic (exact) mass is 420 g/mol. The van der Waals surface area contributed by atoms with Crippen molar-refractivity contribution in [2.24, 2.45) is 0 Å². The fraction of sp³-hybridized carbons (Fsp3) is 0.263. The number of anilines is 1. The van der Waals surface area contributed by atoms with E-state index in [0.717, 1.165) is 39.0 Å². The molecule has 1 aliphatic rings. The number of fused-ring (bicyclic) bond motifs is 1. The van der Waals surface area contributed by atoms with Gasteiger partial charge in [0.1, 0.15) is 0 Å². The Kier molecular flexibility index (Phi) is 5.38. The van der Waals surface area contributed by atoms with Gasteiger partial charge in [0.05, 0.1) is 10.2 Å². The summed E-state index contributed by atoms with van der Waals surface area (Å²) < 4.78 is 1.08. The van der Waals surface area contributed by atoms with Gasteiger partial charge in [-0.1, -0.05) is 46.7 Å². The van der Waals surface area contributed by atoms with E-state index in [2.05, 4.69) is 15.2 Å². The first-order valence-electron chi connectivity index (χ1n) is 8.67. The fourth-order valence-electron chi connectivity index (χ4n) is 3.01. The molecule has 27 heavy (non-hydrogen) atoms. The Hall–Kier alpha value is -2.02. The van der Waals surface area contributed by atoms with Crippen molar-refractivity contribution >= 4 is 55.9 Å². The van der Waals surface area contributed by atoms with E-state index in [1.165, 1.54) is 0 Å². The van der Waals surface area contributed by atoms with E-state index < -0.39 is 0 Å². The normalized spacial score (nSPS) is 14.6. The van der Waals surface area contributed by atoms with Crippen LogP contribution in [-0.2, 0) is 6.54 Å². The number of halogens is 2. The molecule has 2 aromatic carbocycles. The second-order valence-corrected chi connectivity index (χ2v) is 8.25. The number of amides is 2. The molecule has 8 heteroatoms. The van der Waals surface area contributed by atoms with Crippen LogP contribution >= 0.6 is 34.5 Å². The van der Waals surface area contributed by atoms with Crippen LogP contribution < -0.4 is 10.2 Å². The lowest BCUT2D eigenvalue weighted by Crippen LogP contribution is -2.51. The van der Waals surface area contributed by atoms with Crippen LogP contribution in [0.25, 0.3) is 10.2 Å². The van der Waals surface area contributed by atoms with Gasteiger partial charge in [0.15, 0.2) is 5.13 Å². The van der Waals surface area contributed by atoms with Crippen LogP contribution in [0, 0.1) is 0 Å². The first kappa shape index (κ1) is 18.3. The quantitative estimate of drug-likeness (QED) is 0.671. The molecular formula is C19H18Cl2N4OS. The van der Waals surface area contributed by atoms with Gasteiger partial charge in [0, 0.05) is 42.8 Å². The first-order chi connectivity index (χ1) is 13.1. The molecule has 0 spiro atoms. The minimum atomic E-state index is -0.0410. The standard InChI is InChI=1S/C19H18Cl2N4OS/c20-14-3-1-13(2-4-14)12-22-18(26)24-7-9-25(10-8-24)19-23-16-6-5-15(21)11-17(16)27-19/h1-6,11H,7-10,12H2,(H,22,26). The molecule has 1 aliphatic heterocycles. The van der Waals surface area contributed by atoms with Gasteiger partial charge in [0.2, 0.25) is 0 Å². The number of carbonyl (C=O) groups is 1. The molecule has 0 saturated carbocycles. The maximum Gasteiger partial charge on any atom is 0.317 e. The highest BCUT2D eigenvalue weighted by molar-refractivity contribution is 7.22. The summed E-state index contributed by atoms with van der Waals surface area (Å²) in [5.74, 6) is 0. The maximum atomic E-state index is 12.4. The molecule has 1 fully saturated rings. The number of urea groups is 1. The van der Waals surface area contributed by atoms with Crippen molar-refractivity contribution in [2.45, 2.75) is 6.54 Å². The predicted molar refractivity (Wildman–Crippen MR) is 112 cm³/mol. The second kappa shape index (κ2) is 7.92. The average Bonchev–Trinajstić information content (AvgIpc) is 3.10. The number of carbonyl (C=O) groups excluding carboxylic acids is 1. The molecule has 1 aromatic heterocycles. The Balaban J connectivity index is 1.32. The SMILES string of the molecule is O=C(NCc1ccc(Cl)cc1)N1CCN(c2nc3ccc(Cl)cc3s2)CC1. The number of rotatable bonds is 3. The molecule has 140 valence electrons. The first-order valence-corrected chi connectivity index (χ1v) is 10.2. The van der Waals surface area contributed by atoms with Crippen molar-refractivity contribution in [3.63, 3.8) is 0 Å². The summed E-state index contributed by atoms with van der Waals surface area (Å²) in [6.07, 6.45) is 0. The largest absolute Gasteiger partial charge is 0.345 e. The highest BCUT2D eigenvalue weighted by atomic mass is 35.5. The van der Waals surface area contributed by atoms with Gasteiger partial charge in [-0.3, -0.25) is 0 Å². The summed E-state index contributed by atoms with van der Waals surface area (Å²) in [7, 11) is 0. The molecule has 3 aromatic rings. The van der Waals surface area contributed by atoms with Crippen molar-refractivity contribution < 1.29 is 4.79 Å². The van der Waals surface area contributed by atoms with E-state index in [0.29, 0.717) is 24.7 Å². The zero-order chi connectivity index (χ0) is 18.8. The van der Waals surface area contributed by atoms with Gasteiger partial charge in [0.25, 0.3) is 0 Å². The van der Waals surface area contributed by atoms with Crippen molar-refractivity contribution in [1.82, 2.24) is 15.2 Å². The number of hydrogen-bond acceptors (Lipinski definition) is 4. The lowest BCUT2D eigenvalue weighted by atomic mass is 10.2. The minimum Gasteiger partial charge on any atom is -0.345 e. The molecule has 0 aliphatic carbocycles. The summed E-state index contributed by atoms with van der Waals surface area (Å²) in [5.41, 5.74) is 1.99. The van der Waals surface area contributed by atoms with Crippen molar-refractivity contribution in [1.29, 1.82) is 0 Å². The Labute approximate surface area is 171 Å². The number of piperazine rings is 1. The third-order valence-electron chi connectivity index (χ3n) is 4.53. The van der Waals surface area contributed by atoms with Crippen LogP contribution in [0.4, 0.5) is 9.93 Å². The van der Waals surface area contributed by atoms with Gasteiger partial charge in [-0.25, -0.2) is 9.78 Å². The smallest absolute Gasteiger partial charge is 0.317 e. The summed E-state index contributed by atoms with van der Waals surface area (Å²) >= 11 is 13.6. The van der Waals surface area contributed by atoms with E-state index in [9.17, 15) is 4.79 Å².